The molecule has 0 spiro atoms. The van der Waals surface area contributed by atoms with Crippen molar-refractivity contribution in [3.05, 3.63) is 54.2 Å². The Bertz CT molecular complexity index is 1000. The first kappa shape index (κ1) is 23.6. The summed E-state index contributed by atoms with van der Waals surface area (Å²) in [5.41, 5.74) is 5.72. The number of benzene rings is 1. The molecule has 0 atom stereocenters. The van der Waals surface area contributed by atoms with Crippen molar-refractivity contribution in [3.8, 4) is 11.5 Å². The van der Waals surface area contributed by atoms with Gasteiger partial charge in [-0.25, -0.2) is 9.78 Å². The normalized spacial score (nSPS) is 13.6. The second kappa shape index (κ2) is 11.5. The highest BCUT2D eigenvalue weighted by Gasteiger charge is 2.22. The quantitative estimate of drug-likeness (QED) is 0.437. The Morgan fingerprint density at radius 3 is 2.52 bits per heavy atom. The summed E-state index contributed by atoms with van der Waals surface area (Å²) >= 11 is 0. The smallest absolute Gasteiger partial charge is 0.331 e. The highest BCUT2D eigenvalue weighted by molar-refractivity contribution is 5.89. The van der Waals surface area contributed by atoms with Gasteiger partial charge in [-0.05, 0) is 35.9 Å². The van der Waals surface area contributed by atoms with Crippen LogP contribution in [0.2, 0.25) is 0 Å². The Kier molecular flexibility index (Phi) is 8.23. The lowest BCUT2D eigenvalue weighted by molar-refractivity contribution is -0.148. The summed E-state index contributed by atoms with van der Waals surface area (Å²) in [6.45, 7) is 1.80. The number of rotatable bonds is 9. The number of hydrogen-bond acceptors (Lipinski definition) is 8. The lowest BCUT2D eigenvalue weighted by Crippen LogP contribution is -2.50. The predicted molar refractivity (Wildman–Crippen MR) is 121 cm³/mol. The van der Waals surface area contributed by atoms with Crippen LogP contribution in [0.5, 0.6) is 11.5 Å². The van der Waals surface area contributed by atoms with Gasteiger partial charge in [0.1, 0.15) is 5.82 Å². The molecule has 2 aromatic rings. The maximum absolute atomic E-state index is 12.4. The highest BCUT2D eigenvalue weighted by atomic mass is 16.5. The lowest BCUT2D eigenvalue weighted by atomic mass is 10.2. The first-order valence-corrected chi connectivity index (χ1v) is 10.3. The number of nitrogens with two attached hydrogens (primary N) is 1. The van der Waals surface area contributed by atoms with Crippen LogP contribution in [-0.2, 0) is 19.1 Å². The number of carbonyl (C=O) groups is 3. The average Bonchev–Trinajstić information content (AvgIpc) is 2.85. The monoisotopic (exact) mass is 454 g/mol. The van der Waals surface area contributed by atoms with Crippen molar-refractivity contribution in [2.45, 2.75) is 0 Å². The lowest BCUT2D eigenvalue weighted by Gasteiger charge is -2.35. The van der Waals surface area contributed by atoms with Gasteiger partial charge in [0.15, 0.2) is 24.7 Å². The summed E-state index contributed by atoms with van der Waals surface area (Å²) in [6, 6.07) is 10.6. The number of nitrogens with zero attached hydrogens (tertiary/aromatic N) is 3. The van der Waals surface area contributed by atoms with Crippen LogP contribution in [-0.4, -0.2) is 74.2 Å². The molecule has 10 heteroatoms. The minimum Gasteiger partial charge on any atom is -0.493 e. The van der Waals surface area contributed by atoms with E-state index in [4.69, 9.17) is 19.9 Å². The number of primary amides is 1. The van der Waals surface area contributed by atoms with Crippen LogP contribution < -0.4 is 20.1 Å². The molecule has 1 fully saturated rings. The van der Waals surface area contributed by atoms with E-state index in [1.54, 1.807) is 29.3 Å². The molecule has 10 nitrogen and oxygen atoms in total. The van der Waals surface area contributed by atoms with Gasteiger partial charge in [-0.2, -0.15) is 0 Å². The summed E-state index contributed by atoms with van der Waals surface area (Å²) in [6.07, 6.45) is 4.49. The fourth-order valence-electron chi connectivity index (χ4n) is 3.22. The van der Waals surface area contributed by atoms with Crippen molar-refractivity contribution >= 4 is 29.7 Å². The molecule has 0 saturated carbocycles. The topological polar surface area (TPSA) is 124 Å². The van der Waals surface area contributed by atoms with Crippen molar-refractivity contribution in [1.29, 1.82) is 0 Å². The van der Waals surface area contributed by atoms with E-state index in [-0.39, 0.29) is 19.1 Å². The third-order valence-electron chi connectivity index (χ3n) is 4.91. The summed E-state index contributed by atoms with van der Waals surface area (Å²) in [5, 5.41) is 0. The summed E-state index contributed by atoms with van der Waals surface area (Å²) < 4.78 is 15.6. The van der Waals surface area contributed by atoms with Crippen LogP contribution in [0.4, 0.5) is 5.82 Å². The SMILES string of the molecule is COc1cc(/C=C/C(=O)OCC(=O)N2CCN(c3ccccn3)CC2)ccc1OCC(N)=O. The molecule has 2 N–H and O–H groups in total. The van der Waals surface area contributed by atoms with Gasteiger partial charge in [0.05, 0.1) is 7.11 Å². The Hall–Kier alpha value is -4.08. The maximum atomic E-state index is 12.4. The zero-order valence-corrected chi connectivity index (χ0v) is 18.3. The molecular formula is C23H26N4O6. The second-order valence-electron chi connectivity index (χ2n) is 7.16. The van der Waals surface area contributed by atoms with Crippen molar-refractivity contribution in [3.63, 3.8) is 0 Å². The van der Waals surface area contributed by atoms with E-state index in [9.17, 15) is 14.4 Å². The average molecular weight is 454 g/mol. The van der Waals surface area contributed by atoms with E-state index in [0.717, 1.165) is 5.82 Å². The molecule has 1 aromatic heterocycles. The molecule has 0 radical (unpaired) electrons. The second-order valence-corrected chi connectivity index (χ2v) is 7.16. The predicted octanol–water partition coefficient (Wildman–Crippen LogP) is 0.860. The van der Waals surface area contributed by atoms with Gasteiger partial charge in [0, 0.05) is 38.5 Å². The number of anilines is 1. The molecule has 0 bridgehead atoms. The van der Waals surface area contributed by atoms with Crippen LogP contribution in [0.1, 0.15) is 5.56 Å². The third kappa shape index (κ3) is 6.96. The Labute approximate surface area is 191 Å². The fraction of sp³-hybridized carbons (Fsp3) is 0.304. The number of piperazine rings is 1. The molecule has 174 valence electrons. The van der Waals surface area contributed by atoms with Crippen molar-refractivity contribution in [2.24, 2.45) is 5.73 Å². The Morgan fingerprint density at radius 2 is 1.85 bits per heavy atom. The molecule has 1 saturated heterocycles. The van der Waals surface area contributed by atoms with Gasteiger partial charge < -0.3 is 29.7 Å². The molecule has 1 aliphatic rings. The maximum Gasteiger partial charge on any atom is 0.331 e. The molecule has 0 aliphatic carbocycles. The Morgan fingerprint density at radius 1 is 1.06 bits per heavy atom. The zero-order chi connectivity index (χ0) is 23.6. The van der Waals surface area contributed by atoms with E-state index in [1.807, 2.05) is 18.2 Å². The molecule has 33 heavy (non-hydrogen) atoms. The Balaban J connectivity index is 1.45. The van der Waals surface area contributed by atoms with Crippen LogP contribution in [0, 0.1) is 0 Å². The van der Waals surface area contributed by atoms with Gasteiger partial charge in [-0.15, -0.1) is 0 Å². The number of hydrogen-bond donors (Lipinski definition) is 1. The van der Waals surface area contributed by atoms with Gasteiger partial charge in [-0.1, -0.05) is 12.1 Å². The number of pyridine rings is 1. The van der Waals surface area contributed by atoms with E-state index in [0.29, 0.717) is 43.2 Å². The van der Waals surface area contributed by atoms with Crippen LogP contribution in [0.15, 0.2) is 48.7 Å². The first-order valence-electron chi connectivity index (χ1n) is 10.3. The number of amides is 2. The standard InChI is InChI=1S/C23H26N4O6/c1-31-19-14-17(5-7-18(19)32-15-20(24)28)6-8-23(30)33-16-22(29)27-12-10-26(11-13-27)21-4-2-3-9-25-21/h2-9,14H,10-13,15-16H2,1H3,(H2,24,28)/b8-6+. The molecule has 1 aromatic carbocycles. The largest absolute Gasteiger partial charge is 0.493 e. The number of aromatic nitrogens is 1. The van der Waals surface area contributed by atoms with Gasteiger partial charge in [0.25, 0.3) is 11.8 Å². The molecular weight excluding hydrogens is 428 g/mol. The van der Waals surface area contributed by atoms with Crippen LogP contribution in [0.3, 0.4) is 0 Å². The molecule has 2 heterocycles. The minimum absolute atomic E-state index is 0.241. The van der Waals surface area contributed by atoms with Crippen molar-refractivity contribution in [1.82, 2.24) is 9.88 Å². The third-order valence-corrected chi connectivity index (χ3v) is 4.91. The first-order chi connectivity index (χ1) is 16.0. The summed E-state index contributed by atoms with van der Waals surface area (Å²) in [5.74, 6) is 0.133. The molecule has 2 amide bonds. The number of ether oxygens (including phenoxy) is 3. The van der Waals surface area contributed by atoms with E-state index < -0.39 is 11.9 Å². The highest BCUT2D eigenvalue weighted by Crippen LogP contribution is 2.28. The van der Waals surface area contributed by atoms with Crippen molar-refractivity contribution in [2.75, 3.05) is 51.4 Å². The van der Waals surface area contributed by atoms with Crippen molar-refractivity contribution < 1.29 is 28.6 Å². The molecule has 0 unspecified atom stereocenters. The van der Waals surface area contributed by atoms with Crippen LogP contribution >= 0.6 is 0 Å². The summed E-state index contributed by atoms with van der Waals surface area (Å²) in [7, 11) is 1.45. The molecule has 3 rings (SSSR count). The van der Waals surface area contributed by atoms with E-state index in [1.165, 1.54) is 19.3 Å². The zero-order valence-electron chi connectivity index (χ0n) is 18.3. The molecule has 1 aliphatic heterocycles. The minimum atomic E-state index is -0.636. The van der Waals surface area contributed by atoms with Gasteiger partial charge >= 0.3 is 5.97 Å². The number of methoxy groups -OCH3 is 1. The fourth-order valence-corrected chi connectivity index (χ4v) is 3.22. The van der Waals surface area contributed by atoms with Gasteiger partial charge in [-0.3, -0.25) is 9.59 Å². The summed E-state index contributed by atoms with van der Waals surface area (Å²) in [4.78, 5) is 43.4. The van der Waals surface area contributed by atoms with Crippen LogP contribution in [0.25, 0.3) is 6.08 Å². The number of carbonyl (C=O) groups excluding carboxylic acids is 3. The van der Waals surface area contributed by atoms with E-state index in [2.05, 4.69) is 9.88 Å². The number of esters is 1. The van der Waals surface area contributed by atoms with Gasteiger partial charge in [0.2, 0.25) is 0 Å². The van der Waals surface area contributed by atoms with E-state index >= 15 is 0 Å².